The van der Waals surface area contributed by atoms with Crippen LogP contribution in [0.25, 0.3) is 11.0 Å². The summed E-state index contributed by atoms with van der Waals surface area (Å²) in [5, 5.41) is 2.36. The number of imidazole rings is 1. The number of hydrogen-bond donors (Lipinski definition) is 2. The Morgan fingerprint density at radius 3 is 2.51 bits per heavy atom. The van der Waals surface area contributed by atoms with E-state index in [-0.39, 0.29) is 33.8 Å². The molecule has 2 amide bonds. The number of fused-ring (bicyclic) bond motifs is 2. The van der Waals surface area contributed by atoms with Crippen molar-refractivity contribution in [3.8, 4) is 5.75 Å². The lowest BCUT2D eigenvalue weighted by Gasteiger charge is -2.39. The highest BCUT2D eigenvalue weighted by Crippen LogP contribution is 2.49. The molecule has 1 atom stereocenters. The van der Waals surface area contributed by atoms with Gasteiger partial charge in [-0.15, -0.1) is 0 Å². The van der Waals surface area contributed by atoms with Gasteiger partial charge in [-0.3, -0.25) is 15.0 Å². The molecule has 2 N–H and O–H groups in total. The number of methoxy groups -OCH3 is 2. The predicted octanol–water partition coefficient (Wildman–Crippen LogP) is 4.72. The van der Waals surface area contributed by atoms with Crippen LogP contribution in [0.3, 0.4) is 0 Å². The monoisotopic (exact) mass is 540 g/mol. The summed E-state index contributed by atoms with van der Waals surface area (Å²) in [5.74, 6) is -2.89. The van der Waals surface area contributed by atoms with Crippen molar-refractivity contribution in [2.75, 3.05) is 24.4 Å². The van der Waals surface area contributed by atoms with Gasteiger partial charge in [0.2, 0.25) is 11.7 Å². The number of hydrogen-bond acceptors (Lipinski definition) is 7. The normalized spacial score (nSPS) is 16.6. The van der Waals surface area contributed by atoms with Crippen LogP contribution >= 0.6 is 0 Å². The number of H-pyrrole nitrogens is 1. The van der Waals surface area contributed by atoms with Gasteiger partial charge in [-0.25, -0.2) is 14.6 Å². The molecule has 0 saturated heterocycles. The van der Waals surface area contributed by atoms with Crippen LogP contribution in [0, 0.1) is 0 Å². The van der Waals surface area contributed by atoms with E-state index >= 15 is 0 Å². The van der Waals surface area contributed by atoms with E-state index in [1.807, 2.05) is 0 Å². The number of rotatable bonds is 5. The maximum atomic E-state index is 13.8. The summed E-state index contributed by atoms with van der Waals surface area (Å²) in [5.41, 5.74) is -1.61. The van der Waals surface area contributed by atoms with E-state index < -0.39 is 29.9 Å². The molecule has 1 aromatic heterocycles. The average molecular weight is 540 g/mol. The number of carbonyl (C=O) groups excluding carboxylic acids is 3. The van der Waals surface area contributed by atoms with E-state index in [0.29, 0.717) is 11.3 Å². The van der Waals surface area contributed by atoms with E-state index in [9.17, 15) is 27.6 Å². The number of nitrogens with zero attached hydrogens (tertiary/aromatic N) is 2. The zero-order valence-corrected chi connectivity index (χ0v) is 20.3. The van der Waals surface area contributed by atoms with Crippen LogP contribution in [0.1, 0.15) is 21.5 Å². The molecule has 0 bridgehead atoms. The number of nitrogens with one attached hydrogen (secondary N) is 2. The van der Waals surface area contributed by atoms with Crippen molar-refractivity contribution in [3.05, 3.63) is 83.4 Å². The molecule has 1 unspecified atom stereocenters. The van der Waals surface area contributed by atoms with Crippen molar-refractivity contribution >= 4 is 40.6 Å². The highest BCUT2D eigenvalue weighted by atomic mass is 19.4. The van der Waals surface area contributed by atoms with Gasteiger partial charge in [0.05, 0.1) is 30.9 Å². The molecular weight excluding hydrogens is 521 g/mol. The Labute approximate surface area is 218 Å². The molecule has 39 heavy (non-hydrogen) atoms. The first-order valence-corrected chi connectivity index (χ1v) is 11.3. The van der Waals surface area contributed by atoms with E-state index in [2.05, 4.69) is 20.0 Å². The first kappa shape index (κ1) is 25.6. The number of alkyl halides is 3. The zero-order valence-electron chi connectivity index (χ0n) is 20.3. The number of aromatic nitrogens is 2. The van der Waals surface area contributed by atoms with Gasteiger partial charge in [0.15, 0.2) is 0 Å². The van der Waals surface area contributed by atoms with Crippen LogP contribution in [0.5, 0.6) is 5.75 Å². The maximum Gasteiger partial charge on any atom is 0.491 e. The number of esters is 1. The predicted molar refractivity (Wildman–Crippen MR) is 131 cm³/mol. The van der Waals surface area contributed by atoms with Gasteiger partial charge in [-0.1, -0.05) is 30.3 Å². The number of anilines is 2. The molecule has 0 fully saturated rings. The Morgan fingerprint density at radius 1 is 1.03 bits per heavy atom. The van der Waals surface area contributed by atoms with Gasteiger partial charge < -0.3 is 19.2 Å². The standard InChI is InChI=1S/C26H19F3N4O6/c1-37-16-7-5-6-15(13-16)33-21(34)17-8-3-4-9-18(17)25(33,39-22(35)26(27,28)29)14-10-11-19-20(12-14)31-23(30-19)32-24(36)38-2/h3-13H,1-2H3,(H2,30,31,32,36). The van der Waals surface area contributed by atoms with Crippen LogP contribution in [-0.2, 0) is 20.0 Å². The third kappa shape index (κ3) is 4.27. The van der Waals surface area contributed by atoms with Crippen molar-refractivity contribution in [1.29, 1.82) is 0 Å². The molecule has 2 heterocycles. The molecule has 0 radical (unpaired) electrons. The lowest BCUT2D eigenvalue weighted by Crippen LogP contribution is -2.50. The van der Waals surface area contributed by atoms with Crippen molar-refractivity contribution in [1.82, 2.24) is 9.97 Å². The van der Waals surface area contributed by atoms with Crippen LogP contribution in [0.2, 0.25) is 0 Å². The first-order chi connectivity index (χ1) is 18.6. The quantitative estimate of drug-likeness (QED) is 0.351. The number of benzene rings is 3. The van der Waals surface area contributed by atoms with Crippen molar-refractivity contribution < 1.29 is 41.8 Å². The van der Waals surface area contributed by atoms with E-state index in [0.717, 1.165) is 12.0 Å². The third-order valence-corrected chi connectivity index (χ3v) is 6.10. The Morgan fingerprint density at radius 2 is 1.79 bits per heavy atom. The van der Waals surface area contributed by atoms with Crippen molar-refractivity contribution in [2.24, 2.45) is 0 Å². The lowest BCUT2D eigenvalue weighted by atomic mass is 9.92. The summed E-state index contributed by atoms with van der Waals surface area (Å²) in [6, 6.07) is 16.2. The van der Waals surface area contributed by atoms with E-state index in [4.69, 9.17) is 9.47 Å². The van der Waals surface area contributed by atoms with Gasteiger partial charge in [-0.2, -0.15) is 13.2 Å². The molecule has 3 aromatic carbocycles. The second-order valence-corrected chi connectivity index (χ2v) is 8.35. The van der Waals surface area contributed by atoms with Gasteiger partial charge in [0.1, 0.15) is 5.75 Å². The van der Waals surface area contributed by atoms with E-state index in [1.165, 1.54) is 55.6 Å². The second-order valence-electron chi connectivity index (χ2n) is 8.35. The summed E-state index contributed by atoms with van der Waals surface area (Å²) < 4.78 is 56.1. The fourth-order valence-corrected chi connectivity index (χ4v) is 4.46. The molecule has 1 aliphatic heterocycles. The minimum absolute atomic E-state index is 0.00184. The first-order valence-electron chi connectivity index (χ1n) is 11.3. The second kappa shape index (κ2) is 9.35. The smallest absolute Gasteiger partial charge is 0.491 e. The largest absolute Gasteiger partial charge is 0.497 e. The van der Waals surface area contributed by atoms with Crippen LogP contribution in [0.15, 0.2) is 66.7 Å². The molecule has 0 saturated carbocycles. The fraction of sp³-hybridized carbons (Fsp3) is 0.154. The molecule has 200 valence electrons. The minimum atomic E-state index is -5.37. The average Bonchev–Trinajstić information content (AvgIpc) is 3.43. The van der Waals surface area contributed by atoms with Gasteiger partial charge in [0, 0.05) is 22.8 Å². The number of amides is 2. The third-order valence-electron chi connectivity index (χ3n) is 6.10. The molecular formula is C26H19F3N4O6. The van der Waals surface area contributed by atoms with Crippen molar-refractivity contribution in [2.45, 2.75) is 11.9 Å². The van der Waals surface area contributed by atoms with Crippen molar-refractivity contribution in [3.63, 3.8) is 0 Å². The number of aromatic amines is 1. The summed E-state index contributed by atoms with van der Waals surface area (Å²) >= 11 is 0. The molecule has 0 aliphatic carbocycles. The lowest BCUT2D eigenvalue weighted by molar-refractivity contribution is -0.211. The van der Waals surface area contributed by atoms with Crippen LogP contribution in [0.4, 0.5) is 29.6 Å². The summed E-state index contributed by atoms with van der Waals surface area (Å²) in [4.78, 5) is 45.8. The Hall–Kier alpha value is -5.07. The molecule has 5 rings (SSSR count). The highest BCUT2D eigenvalue weighted by molar-refractivity contribution is 6.13. The topological polar surface area (TPSA) is 123 Å². The molecule has 4 aromatic rings. The molecule has 10 nitrogen and oxygen atoms in total. The Bertz CT molecular complexity index is 1620. The molecule has 0 spiro atoms. The van der Waals surface area contributed by atoms with Gasteiger partial charge in [0.25, 0.3) is 5.91 Å². The van der Waals surface area contributed by atoms with E-state index in [1.54, 1.807) is 18.2 Å². The zero-order chi connectivity index (χ0) is 27.9. The Kier molecular flexibility index (Phi) is 6.13. The SMILES string of the molecule is COC(=O)Nc1nc2ccc(C3(OC(=O)C(F)(F)F)c4ccccc4C(=O)N3c3cccc(OC)c3)cc2[nH]1. The summed E-state index contributed by atoms with van der Waals surface area (Å²) in [6.07, 6.45) is -6.17. The summed E-state index contributed by atoms with van der Waals surface area (Å²) in [6.45, 7) is 0. The van der Waals surface area contributed by atoms with Crippen LogP contribution < -0.4 is 15.0 Å². The minimum Gasteiger partial charge on any atom is -0.497 e. The highest BCUT2D eigenvalue weighted by Gasteiger charge is 2.58. The molecule has 1 aliphatic rings. The fourth-order valence-electron chi connectivity index (χ4n) is 4.46. The number of carbonyl (C=O) groups is 3. The van der Waals surface area contributed by atoms with Gasteiger partial charge >= 0.3 is 18.2 Å². The Balaban J connectivity index is 1.78. The van der Waals surface area contributed by atoms with Gasteiger partial charge in [-0.05, 0) is 30.3 Å². The van der Waals surface area contributed by atoms with Crippen LogP contribution in [-0.4, -0.2) is 48.3 Å². The number of halogens is 3. The number of ether oxygens (including phenoxy) is 3. The summed E-state index contributed by atoms with van der Waals surface area (Å²) in [7, 11) is 2.55. The maximum absolute atomic E-state index is 13.8. The molecule has 13 heteroatoms.